The summed E-state index contributed by atoms with van der Waals surface area (Å²) in [4.78, 5) is 8.10. The van der Waals surface area contributed by atoms with Gasteiger partial charge in [-0.15, -0.1) is 0 Å². The molecule has 0 aliphatic carbocycles. The molecule has 0 saturated heterocycles. The third kappa shape index (κ3) is 2.41. The first kappa shape index (κ1) is 11.5. The second-order valence-electron chi connectivity index (χ2n) is 3.50. The van der Waals surface area contributed by atoms with E-state index in [1.165, 1.54) is 0 Å². The molecule has 0 fully saturated rings. The number of rotatable bonds is 4. The number of pyridine rings is 2. The predicted molar refractivity (Wildman–Crippen MR) is 64.2 cm³/mol. The molecule has 1 atom stereocenters. The molecule has 0 aromatic carbocycles. The van der Waals surface area contributed by atoms with E-state index < -0.39 is 0 Å². The minimum atomic E-state index is -0.165. The Morgan fingerprint density at radius 3 is 2.71 bits per heavy atom. The first-order valence-electron chi connectivity index (χ1n) is 5.20. The van der Waals surface area contributed by atoms with Crippen LogP contribution in [0.25, 0.3) is 0 Å². The molecule has 0 saturated carbocycles. The molecule has 5 nitrogen and oxygen atoms in total. The molecule has 1 unspecified atom stereocenters. The van der Waals surface area contributed by atoms with Crippen molar-refractivity contribution in [2.75, 3.05) is 7.11 Å². The summed E-state index contributed by atoms with van der Waals surface area (Å²) in [6.45, 7) is 0. The molecule has 0 amide bonds. The van der Waals surface area contributed by atoms with E-state index in [-0.39, 0.29) is 6.04 Å². The van der Waals surface area contributed by atoms with E-state index in [0.717, 1.165) is 11.1 Å². The van der Waals surface area contributed by atoms with Crippen LogP contribution in [0.15, 0.2) is 43.0 Å². The highest BCUT2D eigenvalue weighted by Gasteiger charge is 2.16. The maximum absolute atomic E-state index is 5.61. The Bertz CT molecular complexity index is 475. The summed E-state index contributed by atoms with van der Waals surface area (Å²) in [6, 6.07) is 5.53. The van der Waals surface area contributed by atoms with Crippen LogP contribution in [0.1, 0.15) is 17.2 Å². The van der Waals surface area contributed by atoms with Crippen molar-refractivity contribution in [1.82, 2.24) is 15.4 Å². The highest BCUT2D eigenvalue weighted by Crippen LogP contribution is 2.27. The summed E-state index contributed by atoms with van der Waals surface area (Å²) in [7, 11) is 1.61. The number of nitrogens with zero attached hydrogens (tertiary/aromatic N) is 2. The lowest BCUT2D eigenvalue weighted by Crippen LogP contribution is -2.29. The molecule has 2 aromatic rings. The van der Waals surface area contributed by atoms with Gasteiger partial charge in [0.15, 0.2) is 0 Å². The second kappa shape index (κ2) is 5.38. The van der Waals surface area contributed by atoms with Crippen LogP contribution in [-0.2, 0) is 0 Å². The standard InChI is InChI=1S/C12H14N4O/c1-17-11-8-15-6-4-10(11)12(16-13)9-3-2-5-14-7-9/h2-8,12,16H,13H2,1H3. The van der Waals surface area contributed by atoms with Crippen molar-refractivity contribution in [1.29, 1.82) is 0 Å². The summed E-state index contributed by atoms with van der Waals surface area (Å²) in [5.74, 6) is 6.30. The van der Waals surface area contributed by atoms with E-state index in [2.05, 4.69) is 15.4 Å². The van der Waals surface area contributed by atoms with Gasteiger partial charge in [-0.3, -0.25) is 15.8 Å². The number of hydrogen-bond donors (Lipinski definition) is 2. The maximum atomic E-state index is 5.61. The lowest BCUT2D eigenvalue weighted by Gasteiger charge is -2.18. The minimum Gasteiger partial charge on any atom is -0.495 e. The topological polar surface area (TPSA) is 73.1 Å². The van der Waals surface area contributed by atoms with Crippen molar-refractivity contribution < 1.29 is 4.74 Å². The van der Waals surface area contributed by atoms with Crippen LogP contribution >= 0.6 is 0 Å². The molecule has 2 aromatic heterocycles. The van der Waals surface area contributed by atoms with Gasteiger partial charge in [0.1, 0.15) is 5.75 Å². The molecule has 0 aliphatic rings. The van der Waals surface area contributed by atoms with Crippen molar-refractivity contribution in [2.45, 2.75) is 6.04 Å². The van der Waals surface area contributed by atoms with Crippen LogP contribution in [0, 0.1) is 0 Å². The van der Waals surface area contributed by atoms with E-state index in [9.17, 15) is 0 Å². The van der Waals surface area contributed by atoms with E-state index in [1.807, 2.05) is 18.2 Å². The number of hydrazine groups is 1. The van der Waals surface area contributed by atoms with Crippen LogP contribution in [0.2, 0.25) is 0 Å². The predicted octanol–water partition coefficient (Wildman–Crippen LogP) is 1.04. The van der Waals surface area contributed by atoms with E-state index in [1.54, 1.807) is 31.9 Å². The van der Waals surface area contributed by atoms with Gasteiger partial charge in [-0.2, -0.15) is 0 Å². The summed E-state index contributed by atoms with van der Waals surface area (Å²) < 4.78 is 5.27. The van der Waals surface area contributed by atoms with Crippen molar-refractivity contribution in [2.24, 2.45) is 5.84 Å². The van der Waals surface area contributed by atoms with Crippen molar-refractivity contribution in [3.05, 3.63) is 54.1 Å². The number of methoxy groups -OCH3 is 1. The maximum Gasteiger partial charge on any atom is 0.142 e. The lowest BCUT2D eigenvalue weighted by atomic mass is 10.0. The zero-order valence-corrected chi connectivity index (χ0v) is 9.50. The molecule has 0 spiro atoms. The summed E-state index contributed by atoms with van der Waals surface area (Å²) >= 11 is 0. The molecule has 5 heteroatoms. The number of nitrogens with two attached hydrogens (primary N) is 1. The van der Waals surface area contributed by atoms with Crippen molar-refractivity contribution in [3.63, 3.8) is 0 Å². The Morgan fingerprint density at radius 2 is 2.06 bits per heavy atom. The average molecular weight is 230 g/mol. The molecular formula is C12H14N4O. The van der Waals surface area contributed by atoms with Crippen LogP contribution < -0.4 is 16.0 Å². The van der Waals surface area contributed by atoms with Gasteiger partial charge in [-0.1, -0.05) is 6.07 Å². The van der Waals surface area contributed by atoms with Gasteiger partial charge >= 0.3 is 0 Å². The number of aromatic nitrogens is 2. The van der Waals surface area contributed by atoms with Crippen molar-refractivity contribution >= 4 is 0 Å². The minimum absolute atomic E-state index is 0.165. The van der Waals surface area contributed by atoms with Gasteiger partial charge in [-0.25, -0.2) is 5.43 Å². The fourth-order valence-electron chi connectivity index (χ4n) is 1.71. The molecule has 88 valence electrons. The SMILES string of the molecule is COc1cnccc1C(NN)c1cccnc1. The van der Waals surface area contributed by atoms with Crippen LogP contribution in [0.3, 0.4) is 0 Å². The Labute approximate surface area is 99.6 Å². The Hall–Kier alpha value is -1.98. The lowest BCUT2D eigenvalue weighted by molar-refractivity contribution is 0.402. The van der Waals surface area contributed by atoms with Gasteiger partial charge in [-0.05, 0) is 17.7 Å². The molecule has 0 aliphatic heterocycles. The number of hydrogen-bond acceptors (Lipinski definition) is 5. The summed E-state index contributed by atoms with van der Waals surface area (Å²) in [5, 5.41) is 0. The fourth-order valence-corrected chi connectivity index (χ4v) is 1.71. The van der Waals surface area contributed by atoms with E-state index in [4.69, 9.17) is 10.6 Å². The first-order valence-corrected chi connectivity index (χ1v) is 5.20. The second-order valence-corrected chi connectivity index (χ2v) is 3.50. The Morgan fingerprint density at radius 1 is 1.24 bits per heavy atom. The summed E-state index contributed by atoms with van der Waals surface area (Å²) in [5.41, 5.74) is 4.66. The van der Waals surface area contributed by atoms with Crippen LogP contribution in [-0.4, -0.2) is 17.1 Å². The Kier molecular flexibility index (Phi) is 3.64. The average Bonchev–Trinajstić information content (AvgIpc) is 2.41. The zero-order chi connectivity index (χ0) is 12.1. The van der Waals surface area contributed by atoms with E-state index >= 15 is 0 Å². The molecular weight excluding hydrogens is 216 g/mol. The number of nitrogens with one attached hydrogen (secondary N) is 1. The first-order chi connectivity index (χ1) is 8.36. The molecule has 17 heavy (non-hydrogen) atoms. The van der Waals surface area contributed by atoms with Gasteiger partial charge in [0.2, 0.25) is 0 Å². The zero-order valence-electron chi connectivity index (χ0n) is 9.50. The van der Waals surface area contributed by atoms with Gasteiger partial charge in [0.25, 0.3) is 0 Å². The van der Waals surface area contributed by atoms with Gasteiger partial charge in [0.05, 0.1) is 19.3 Å². The third-order valence-corrected chi connectivity index (χ3v) is 2.53. The highest BCUT2D eigenvalue weighted by molar-refractivity contribution is 5.38. The molecule has 0 radical (unpaired) electrons. The summed E-state index contributed by atoms with van der Waals surface area (Å²) in [6.07, 6.45) is 6.86. The quantitative estimate of drug-likeness (QED) is 0.606. The van der Waals surface area contributed by atoms with Crippen LogP contribution in [0.5, 0.6) is 5.75 Å². The largest absolute Gasteiger partial charge is 0.495 e. The molecule has 2 rings (SSSR count). The van der Waals surface area contributed by atoms with Crippen LogP contribution in [0.4, 0.5) is 0 Å². The molecule has 2 heterocycles. The third-order valence-electron chi connectivity index (χ3n) is 2.53. The van der Waals surface area contributed by atoms with Gasteiger partial charge in [0, 0.05) is 24.2 Å². The smallest absolute Gasteiger partial charge is 0.142 e. The normalized spacial score (nSPS) is 12.1. The Balaban J connectivity index is 2.42. The van der Waals surface area contributed by atoms with Gasteiger partial charge < -0.3 is 4.74 Å². The van der Waals surface area contributed by atoms with E-state index in [0.29, 0.717) is 5.75 Å². The number of ether oxygens (including phenoxy) is 1. The fraction of sp³-hybridized carbons (Fsp3) is 0.167. The van der Waals surface area contributed by atoms with Crippen molar-refractivity contribution in [3.8, 4) is 5.75 Å². The molecule has 0 bridgehead atoms. The highest BCUT2D eigenvalue weighted by atomic mass is 16.5. The monoisotopic (exact) mass is 230 g/mol. The molecule has 3 N–H and O–H groups in total.